The molecule has 0 atom stereocenters. The van der Waals surface area contributed by atoms with Gasteiger partial charge >= 0.3 is 0 Å². The van der Waals surface area contributed by atoms with Gasteiger partial charge in [0.15, 0.2) is 0 Å². The molecule has 0 saturated carbocycles. The van der Waals surface area contributed by atoms with Gasteiger partial charge in [0.1, 0.15) is 10.8 Å². The fourth-order valence-electron chi connectivity index (χ4n) is 2.12. The molecule has 0 amide bonds. The number of hydrogen-bond donors (Lipinski definition) is 1. The molecule has 21 heavy (non-hydrogen) atoms. The maximum absolute atomic E-state index is 14.2. The predicted octanol–water partition coefficient (Wildman–Crippen LogP) is 4.49. The third-order valence-electron chi connectivity index (χ3n) is 3.04. The minimum absolute atomic E-state index is 0.184. The molecule has 0 aliphatic carbocycles. The van der Waals surface area contributed by atoms with Gasteiger partial charge in [-0.2, -0.15) is 0 Å². The highest BCUT2D eigenvalue weighted by Crippen LogP contribution is 2.29. The Morgan fingerprint density at radius 3 is 2.67 bits per heavy atom. The maximum Gasteiger partial charge on any atom is 0.137 e. The molecule has 2 nitrogen and oxygen atoms in total. The van der Waals surface area contributed by atoms with Crippen molar-refractivity contribution in [1.82, 2.24) is 10.3 Å². The summed E-state index contributed by atoms with van der Waals surface area (Å²) in [4.78, 5) is 5.05. The summed E-state index contributed by atoms with van der Waals surface area (Å²) in [6.07, 6.45) is 1.08. The SMILES string of the molecule is CCCNCc1ccc(Sc2cc(C)cc(C)n2)c(F)c1. The molecular formula is C17H21FN2S. The lowest BCUT2D eigenvalue weighted by Gasteiger charge is -2.08. The van der Waals surface area contributed by atoms with E-state index in [1.165, 1.54) is 11.8 Å². The lowest BCUT2D eigenvalue weighted by Crippen LogP contribution is -2.13. The molecule has 0 spiro atoms. The number of aromatic nitrogens is 1. The maximum atomic E-state index is 14.2. The molecule has 0 radical (unpaired) electrons. The normalized spacial score (nSPS) is 10.9. The zero-order valence-electron chi connectivity index (χ0n) is 12.7. The van der Waals surface area contributed by atoms with Crippen molar-refractivity contribution in [3.63, 3.8) is 0 Å². The number of hydrogen-bond acceptors (Lipinski definition) is 3. The summed E-state index contributed by atoms with van der Waals surface area (Å²) < 4.78 is 14.2. The molecule has 1 heterocycles. The summed E-state index contributed by atoms with van der Waals surface area (Å²) in [6, 6.07) is 9.41. The third-order valence-corrected chi connectivity index (χ3v) is 4.01. The van der Waals surface area contributed by atoms with E-state index < -0.39 is 0 Å². The van der Waals surface area contributed by atoms with Crippen LogP contribution in [0.25, 0.3) is 0 Å². The second-order valence-electron chi connectivity index (χ2n) is 5.17. The highest BCUT2D eigenvalue weighted by atomic mass is 32.2. The van der Waals surface area contributed by atoms with Crippen molar-refractivity contribution in [2.24, 2.45) is 0 Å². The van der Waals surface area contributed by atoms with Crippen LogP contribution in [0.1, 0.15) is 30.2 Å². The van der Waals surface area contributed by atoms with E-state index in [2.05, 4.69) is 17.2 Å². The van der Waals surface area contributed by atoms with Crippen molar-refractivity contribution in [3.05, 3.63) is 53.0 Å². The Balaban J connectivity index is 2.10. The van der Waals surface area contributed by atoms with Crippen molar-refractivity contribution >= 4 is 11.8 Å². The van der Waals surface area contributed by atoms with Crippen molar-refractivity contribution < 1.29 is 4.39 Å². The second kappa shape index (κ2) is 7.57. The molecule has 1 aromatic carbocycles. The molecule has 2 rings (SSSR count). The molecule has 0 saturated heterocycles. The minimum Gasteiger partial charge on any atom is -0.313 e. The lowest BCUT2D eigenvalue weighted by atomic mass is 10.2. The van der Waals surface area contributed by atoms with E-state index in [1.54, 1.807) is 6.07 Å². The second-order valence-corrected chi connectivity index (χ2v) is 6.23. The third kappa shape index (κ3) is 4.83. The van der Waals surface area contributed by atoms with E-state index in [0.29, 0.717) is 11.4 Å². The highest BCUT2D eigenvalue weighted by Gasteiger charge is 2.07. The molecule has 0 unspecified atom stereocenters. The van der Waals surface area contributed by atoms with Gasteiger partial charge in [-0.25, -0.2) is 9.37 Å². The fourth-order valence-corrected chi connectivity index (χ4v) is 3.07. The van der Waals surface area contributed by atoms with Crippen LogP contribution in [0, 0.1) is 19.7 Å². The topological polar surface area (TPSA) is 24.9 Å². The number of nitrogens with one attached hydrogen (secondary N) is 1. The summed E-state index contributed by atoms with van der Waals surface area (Å²) in [5.41, 5.74) is 3.07. The van der Waals surface area contributed by atoms with Crippen LogP contribution in [-0.4, -0.2) is 11.5 Å². The first kappa shape index (κ1) is 16.0. The van der Waals surface area contributed by atoms with Gasteiger partial charge in [-0.05, 0) is 62.2 Å². The van der Waals surface area contributed by atoms with Gasteiger partial charge in [0.05, 0.1) is 0 Å². The van der Waals surface area contributed by atoms with Gasteiger partial charge in [-0.1, -0.05) is 24.8 Å². The Labute approximate surface area is 130 Å². The van der Waals surface area contributed by atoms with Crippen LogP contribution >= 0.6 is 11.8 Å². The van der Waals surface area contributed by atoms with Gasteiger partial charge in [0.25, 0.3) is 0 Å². The average molecular weight is 304 g/mol. The summed E-state index contributed by atoms with van der Waals surface area (Å²) in [5, 5.41) is 4.11. The highest BCUT2D eigenvalue weighted by molar-refractivity contribution is 7.99. The van der Waals surface area contributed by atoms with Crippen LogP contribution in [0.2, 0.25) is 0 Å². The molecule has 1 N–H and O–H groups in total. The monoisotopic (exact) mass is 304 g/mol. The van der Waals surface area contributed by atoms with Gasteiger partial charge in [-0.15, -0.1) is 0 Å². The molecule has 1 aromatic heterocycles. The molecule has 0 aliphatic heterocycles. The van der Waals surface area contributed by atoms with E-state index in [0.717, 1.165) is 34.8 Å². The fraction of sp³-hybridized carbons (Fsp3) is 0.353. The smallest absolute Gasteiger partial charge is 0.137 e. The van der Waals surface area contributed by atoms with Crippen LogP contribution in [0.3, 0.4) is 0 Å². The Hall–Kier alpha value is -1.39. The van der Waals surface area contributed by atoms with Crippen LogP contribution in [-0.2, 0) is 6.54 Å². The van der Waals surface area contributed by atoms with Crippen LogP contribution in [0.4, 0.5) is 4.39 Å². The number of aryl methyl sites for hydroxylation is 2. The Morgan fingerprint density at radius 2 is 2.00 bits per heavy atom. The van der Waals surface area contributed by atoms with E-state index in [-0.39, 0.29) is 5.82 Å². The van der Waals surface area contributed by atoms with Crippen molar-refractivity contribution in [2.75, 3.05) is 6.54 Å². The van der Waals surface area contributed by atoms with E-state index in [1.807, 2.05) is 38.1 Å². The molecule has 0 fully saturated rings. The van der Waals surface area contributed by atoms with Gasteiger partial charge in [0.2, 0.25) is 0 Å². The molecule has 112 valence electrons. The molecule has 4 heteroatoms. The summed E-state index contributed by atoms with van der Waals surface area (Å²) >= 11 is 1.37. The van der Waals surface area contributed by atoms with Crippen molar-refractivity contribution in [3.8, 4) is 0 Å². The standard InChI is InChI=1S/C17H21FN2S/c1-4-7-19-11-14-5-6-16(15(18)10-14)21-17-9-12(2)8-13(3)20-17/h5-6,8-10,19H,4,7,11H2,1-3H3. The van der Waals surface area contributed by atoms with Gasteiger partial charge in [0, 0.05) is 17.1 Å². The summed E-state index contributed by atoms with van der Waals surface area (Å²) in [5.74, 6) is -0.184. The first-order chi connectivity index (χ1) is 10.1. The number of pyridine rings is 1. The van der Waals surface area contributed by atoms with Crippen molar-refractivity contribution in [2.45, 2.75) is 43.7 Å². The number of halogens is 1. The first-order valence-electron chi connectivity index (χ1n) is 7.20. The molecule has 0 aliphatic rings. The van der Waals surface area contributed by atoms with Crippen LogP contribution < -0.4 is 5.32 Å². The van der Waals surface area contributed by atoms with Crippen LogP contribution in [0.15, 0.2) is 40.3 Å². The first-order valence-corrected chi connectivity index (χ1v) is 8.02. The predicted molar refractivity (Wildman–Crippen MR) is 86.2 cm³/mol. The molecular weight excluding hydrogens is 283 g/mol. The van der Waals surface area contributed by atoms with Gasteiger partial charge in [-0.3, -0.25) is 0 Å². The lowest BCUT2D eigenvalue weighted by molar-refractivity contribution is 0.595. The minimum atomic E-state index is -0.184. The summed E-state index contributed by atoms with van der Waals surface area (Å²) in [6.45, 7) is 7.75. The quantitative estimate of drug-likeness (QED) is 0.796. The molecule has 2 aromatic rings. The average Bonchev–Trinajstić information content (AvgIpc) is 2.41. The molecule has 0 bridgehead atoms. The van der Waals surface area contributed by atoms with E-state index in [4.69, 9.17) is 0 Å². The number of nitrogens with zero attached hydrogens (tertiary/aromatic N) is 1. The van der Waals surface area contributed by atoms with Crippen molar-refractivity contribution in [1.29, 1.82) is 0 Å². The van der Waals surface area contributed by atoms with E-state index in [9.17, 15) is 4.39 Å². The van der Waals surface area contributed by atoms with Crippen LogP contribution in [0.5, 0.6) is 0 Å². The van der Waals surface area contributed by atoms with E-state index >= 15 is 0 Å². The zero-order valence-corrected chi connectivity index (χ0v) is 13.6. The van der Waals surface area contributed by atoms with Gasteiger partial charge < -0.3 is 5.32 Å². The Kier molecular flexibility index (Phi) is 5.76. The summed E-state index contributed by atoms with van der Waals surface area (Å²) in [7, 11) is 0. The largest absolute Gasteiger partial charge is 0.313 e. The number of rotatable bonds is 6. The number of benzene rings is 1. The Bertz CT molecular complexity index is 593. The Morgan fingerprint density at radius 1 is 1.19 bits per heavy atom. The zero-order chi connectivity index (χ0) is 15.2.